The highest BCUT2D eigenvalue weighted by atomic mass is 35.5. The smallest absolute Gasteiger partial charge is 0.358 e. The maximum Gasteiger partial charge on any atom is 0.358 e. The van der Waals surface area contributed by atoms with Gasteiger partial charge in [-0.15, -0.1) is 0 Å². The van der Waals surface area contributed by atoms with E-state index >= 15 is 0 Å². The summed E-state index contributed by atoms with van der Waals surface area (Å²) < 4.78 is 4.42. The zero-order valence-electron chi connectivity index (χ0n) is 6.47. The number of nitrogens with zero attached hydrogens (tertiary/aromatic N) is 1. The van der Waals surface area contributed by atoms with E-state index in [1.54, 1.807) is 0 Å². The molecule has 0 aliphatic rings. The van der Waals surface area contributed by atoms with Gasteiger partial charge in [0.05, 0.1) is 17.2 Å². The van der Waals surface area contributed by atoms with Gasteiger partial charge in [-0.2, -0.15) is 0 Å². The number of halogens is 3. The number of rotatable bonds is 1. The predicted octanol–water partition coefficient (Wildman–Crippen LogP) is 2.83. The monoisotopic (exact) mass is 239 g/mol. The fraction of sp³-hybridized carbons (Fsp3) is 0.143. The predicted molar refractivity (Wildman–Crippen MR) is 50.6 cm³/mol. The van der Waals surface area contributed by atoms with Crippen molar-refractivity contribution in [1.82, 2.24) is 4.98 Å². The summed E-state index contributed by atoms with van der Waals surface area (Å²) in [4.78, 5) is 14.7. The van der Waals surface area contributed by atoms with Crippen LogP contribution in [0.5, 0.6) is 0 Å². The van der Waals surface area contributed by atoms with Gasteiger partial charge in [-0.05, 0) is 6.07 Å². The van der Waals surface area contributed by atoms with Gasteiger partial charge in [0.15, 0.2) is 5.69 Å². The Morgan fingerprint density at radius 3 is 2.54 bits per heavy atom. The fourth-order valence-electron chi connectivity index (χ4n) is 0.684. The van der Waals surface area contributed by atoms with Crippen LogP contribution in [0.25, 0.3) is 0 Å². The average molecular weight is 240 g/mol. The van der Waals surface area contributed by atoms with Crippen LogP contribution in [0, 0.1) is 0 Å². The molecule has 1 aromatic heterocycles. The lowest BCUT2D eigenvalue weighted by Crippen LogP contribution is -2.05. The van der Waals surface area contributed by atoms with Crippen LogP contribution in [0.15, 0.2) is 6.07 Å². The minimum Gasteiger partial charge on any atom is -0.464 e. The molecule has 0 atom stereocenters. The SMILES string of the molecule is COC(=O)c1nc(Cl)c(Cl)cc1Cl. The van der Waals surface area contributed by atoms with Crippen molar-refractivity contribution in [2.75, 3.05) is 7.11 Å². The fourth-order valence-corrected chi connectivity index (χ4v) is 1.26. The molecule has 0 radical (unpaired) electrons. The van der Waals surface area contributed by atoms with Crippen LogP contribution < -0.4 is 0 Å². The molecule has 6 heteroatoms. The van der Waals surface area contributed by atoms with Crippen molar-refractivity contribution in [1.29, 1.82) is 0 Å². The summed E-state index contributed by atoms with van der Waals surface area (Å²) >= 11 is 16.8. The summed E-state index contributed by atoms with van der Waals surface area (Å²) in [6.07, 6.45) is 0. The van der Waals surface area contributed by atoms with Gasteiger partial charge in [0.25, 0.3) is 0 Å². The summed E-state index contributed by atoms with van der Waals surface area (Å²) in [6.45, 7) is 0. The number of hydrogen-bond donors (Lipinski definition) is 0. The molecule has 0 aliphatic heterocycles. The number of esters is 1. The second-order valence-electron chi connectivity index (χ2n) is 2.08. The van der Waals surface area contributed by atoms with E-state index < -0.39 is 5.97 Å². The number of pyridine rings is 1. The third-order valence-electron chi connectivity index (χ3n) is 1.27. The molecule has 1 aromatic rings. The Hall–Kier alpha value is -0.510. The van der Waals surface area contributed by atoms with Crippen molar-refractivity contribution in [2.45, 2.75) is 0 Å². The molecule has 0 bridgehead atoms. The van der Waals surface area contributed by atoms with Gasteiger partial charge in [0.1, 0.15) is 5.15 Å². The van der Waals surface area contributed by atoms with Gasteiger partial charge in [0, 0.05) is 0 Å². The zero-order chi connectivity index (χ0) is 10.0. The van der Waals surface area contributed by atoms with E-state index in [2.05, 4.69) is 9.72 Å². The van der Waals surface area contributed by atoms with Crippen molar-refractivity contribution in [3.05, 3.63) is 27.0 Å². The molecular formula is C7H4Cl3NO2. The Bertz CT molecular complexity index is 354. The third-order valence-corrected chi connectivity index (χ3v) is 2.23. The van der Waals surface area contributed by atoms with Crippen molar-refractivity contribution in [3.8, 4) is 0 Å². The minimum atomic E-state index is -0.649. The van der Waals surface area contributed by atoms with Gasteiger partial charge in [-0.25, -0.2) is 9.78 Å². The van der Waals surface area contributed by atoms with Crippen molar-refractivity contribution >= 4 is 40.8 Å². The second-order valence-corrected chi connectivity index (χ2v) is 3.26. The van der Waals surface area contributed by atoms with Crippen LogP contribution in [-0.4, -0.2) is 18.1 Å². The van der Waals surface area contributed by atoms with Crippen LogP contribution in [-0.2, 0) is 4.74 Å². The molecule has 1 rings (SSSR count). The van der Waals surface area contributed by atoms with Gasteiger partial charge in [0.2, 0.25) is 0 Å². The van der Waals surface area contributed by atoms with Crippen LogP contribution in [0.4, 0.5) is 0 Å². The summed E-state index contributed by atoms with van der Waals surface area (Å²) in [5.74, 6) is -0.649. The number of carbonyl (C=O) groups excluding carboxylic acids is 1. The summed E-state index contributed by atoms with van der Waals surface area (Å²) in [5.41, 5.74) is -0.0430. The first-order chi connectivity index (χ1) is 6.06. The minimum absolute atomic E-state index is 0.0199. The van der Waals surface area contributed by atoms with Gasteiger partial charge < -0.3 is 4.74 Å². The van der Waals surface area contributed by atoms with E-state index in [-0.39, 0.29) is 20.9 Å². The first-order valence-corrected chi connectivity index (χ1v) is 4.29. The molecule has 0 unspecified atom stereocenters. The lowest BCUT2D eigenvalue weighted by atomic mass is 10.3. The van der Waals surface area contributed by atoms with E-state index in [0.717, 1.165) is 0 Å². The summed E-state index contributed by atoms with van der Waals surface area (Å²) in [7, 11) is 1.23. The Kier molecular flexibility index (Phi) is 3.36. The Morgan fingerprint density at radius 1 is 1.38 bits per heavy atom. The molecule has 0 fully saturated rings. The number of ether oxygens (including phenoxy) is 1. The number of carbonyl (C=O) groups is 1. The highest BCUT2D eigenvalue weighted by Gasteiger charge is 2.15. The Labute approximate surface area is 89.6 Å². The molecule has 0 aliphatic carbocycles. The number of aromatic nitrogens is 1. The molecule has 0 aromatic carbocycles. The molecule has 13 heavy (non-hydrogen) atoms. The molecule has 3 nitrogen and oxygen atoms in total. The largest absolute Gasteiger partial charge is 0.464 e. The van der Waals surface area contributed by atoms with Gasteiger partial charge in [-0.1, -0.05) is 34.8 Å². The normalized spacial score (nSPS) is 9.85. The van der Waals surface area contributed by atoms with Gasteiger partial charge >= 0.3 is 5.97 Å². The first kappa shape index (κ1) is 10.6. The van der Waals surface area contributed by atoms with Crippen LogP contribution in [0.3, 0.4) is 0 Å². The van der Waals surface area contributed by atoms with Crippen molar-refractivity contribution < 1.29 is 9.53 Å². The van der Waals surface area contributed by atoms with E-state index in [1.807, 2.05) is 0 Å². The van der Waals surface area contributed by atoms with E-state index in [4.69, 9.17) is 34.8 Å². The molecule has 0 amide bonds. The van der Waals surface area contributed by atoms with Crippen molar-refractivity contribution in [2.24, 2.45) is 0 Å². The number of methoxy groups -OCH3 is 1. The molecule has 0 spiro atoms. The molecule has 0 saturated carbocycles. The quantitative estimate of drug-likeness (QED) is 0.560. The van der Waals surface area contributed by atoms with E-state index in [0.29, 0.717) is 0 Å². The Morgan fingerprint density at radius 2 is 2.00 bits per heavy atom. The van der Waals surface area contributed by atoms with Crippen molar-refractivity contribution in [3.63, 3.8) is 0 Å². The number of hydrogen-bond acceptors (Lipinski definition) is 3. The van der Waals surface area contributed by atoms with Crippen LogP contribution in [0.1, 0.15) is 10.5 Å². The summed E-state index contributed by atoms with van der Waals surface area (Å²) in [6, 6.07) is 1.34. The Balaban J connectivity index is 3.23. The third kappa shape index (κ3) is 2.24. The van der Waals surface area contributed by atoms with Crippen LogP contribution in [0.2, 0.25) is 15.2 Å². The lowest BCUT2D eigenvalue weighted by molar-refractivity contribution is 0.0594. The topological polar surface area (TPSA) is 39.2 Å². The van der Waals surface area contributed by atoms with Crippen LogP contribution >= 0.6 is 34.8 Å². The summed E-state index contributed by atoms with van der Waals surface area (Å²) in [5, 5.41) is 0.326. The molecule has 70 valence electrons. The molecule has 0 saturated heterocycles. The maximum atomic E-state index is 11.0. The molecular weight excluding hydrogens is 236 g/mol. The maximum absolute atomic E-state index is 11.0. The van der Waals surface area contributed by atoms with E-state index in [1.165, 1.54) is 13.2 Å². The average Bonchev–Trinajstić information content (AvgIpc) is 2.10. The lowest BCUT2D eigenvalue weighted by Gasteiger charge is -2.02. The highest BCUT2D eigenvalue weighted by molar-refractivity contribution is 6.42. The molecule has 1 heterocycles. The van der Waals surface area contributed by atoms with Gasteiger partial charge in [-0.3, -0.25) is 0 Å². The zero-order valence-corrected chi connectivity index (χ0v) is 8.74. The first-order valence-electron chi connectivity index (χ1n) is 3.16. The molecule has 0 N–H and O–H groups in total. The highest BCUT2D eigenvalue weighted by Crippen LogP contribution is 2.25. The second kappa shape index (κ2) is 4.13. The van der Waals surface area contributed by atoms with E-state index in [9.17, 15) is 4.79 Å². The standard InChI is InChI=1S/C7H4Cl3NO2/c1-13-7(12)5-3(8)2-4(9)6(10)11-5/h2H,1H3.